The minimum absolute atomic E-state index is 0.0278. The van der Waals surface area contributed by atoms with Crippen LogP contribution in [-0.4, -0.2) is 40.8 Å². The molecule has 0 bridgehead atoms. The number of halogens is 2. The van der Waals surface area contributed by atoms with E-state index >= 15 is 0 Å². The van der Waals surface area contributed by atoms with Crippen LogP contribution in [0, 0.1) is 0 Å². The van der Waals surface area contributed by atoms with Gasteiger partial charge in [-0.2, -0.15) is 0 Å². The van der Waals surface area contributed by atoms with E-state index in [2.05, 4.69) is 64.2 Å². The molecule has 4 aromatic carbocycles. The molecule has 8 rings (SSSR count). The van der Waals surface area contributed by atoms with E-state index in [9.17, 15) is 9.90 Å². The Morgan fingerprint density at radius 1 is 0.815 bits per heavy atom. The summed E-state index contributed by atoms with van der Waals surface area (Å²) in [6.45, 7) is 2.29. The first-order valence-electron chi connectivity index (χ1n) is 17.6. The third kappa shape index (κ3) is 6.01. The van der Waals surface area contributed by atoms with Gasteiger partial charge in [-0.05, 0) is 67.0 Å². The van der Waals surface area contributed by atoms with Gasteiger partial charge in [0, 0.05) is 27.6 Å². The number of imidazole rings is 1. The van der Waals surface area contributed by atoms with Gasteiger partial charge in [0.25, 0.3) is 0 Å². The van der Waals surface area contributed by atoms with Crippen molar-refractivity contribution in [3.8, 4) is 33.6 Å². The molecule has 0 atom stereocenters. The Bertz CT molecular complexity index is 2430. The molecule has 0 fully saturated rings. The smallest absolute Gasteiger partial charge is 0.355 e. The van der Waals surface area contributed by atoms with Gasteiger partial charge in [0.2, 0.25) is 5.82 Å². The number of hydrogen-bond acceptors (Lipinski definition) is 6. The quantitative estimate of drug-likeness (QED) is 0.123. The van der Waals surface area contributed by atoms with Crippen LogP contribution < -0.4 is 0 Å². The maximum absolute atomic E-state index is 12.6. The summed E-state index contributed by atoms with van der Waals surface area (Å²) in [6.07, 6.45) is 5.66. The number of tetrazole rings is 1. The summed E-state index contributed by atoms with van der Waals surface area (Å²) in [5.74, 6) is -0.0963. The number of aromatic carboxylic acids is 1. The number of unbranched alkanes of at least 4 members (excludes halogenated alkanes) is 1. The second-order valence-electron chi connectivity index (χ2n) is 13.0. The second-order valence-corrected chi connectivity index (χ2v) is 14.1. The van der Waals surface area contributed by atoms with E-state index in [1.165, 1.54) is 0 Å². The van der Waals surface area contributed by atoms with Crippen LogP contribution in [0.15, 0.2) is 143 Å². The van der Waals surface area contributed by atoms with E-state index in [-0.39, 0.29) is 17.4 Å². The normalized spacial score (nSPS) is 11.7. The van der Waals surface area contributed by atoms with Crippen molar-refractivity contribution in [3.63, 3.8) is 0 Å². The van der Waals surface area contributed by atoms with Crippen molar-refractivity contribution in [2.45, 2.75) is 38.3 Å². The monoisotopic (exact) mass is 796 g/mol. The van der Waals surface area contributed by atoms with Gasteiger partial charge in [-0.1, -0.05) is 140 Å². The van der Waals surface area contributed by atoms with Crippen LogP contribution in [0.4, 0.5) is 0 Å². The maximum Gasteiger partial charge on any atom is 0.355 e. The molecule has 1 aliphatic heterocycles. The number of aromatic nitrogens is 6. The van der Waals surface area contributed by atoms with Crippen LogP contribution in [0.3, 0.4) is 0 Å². The Labute approximate surface area is 325 Å². The van der Waals surface area contributed by atoms with Crippen LogP contribution in [0.25, 0.3) is 33.6 Å². The first kappa shape index (κ1) is 35.2. The molecular weight excluding hydrogens is 764 g/mol. The minimum Gasteiger partial charge on any atom is -0.476 e. The predicted molar refractivity (Wildman–Crippen MR) is 212 cm³/mol. The van der Waals surface area contributed by atoms with E-state index < -0.39 is 11.5 Å². The lowest BCUT2D eigenvalue weighted by Crippen LogP contribution is -2.39. The van der Waals surface area contributed by atoms with Crippen molar-refractivity contribution < 1.29 is 14.3 Å². The number of carbonyl (C=O) groups is 1. The second kappa shape index (κ2) is 14.9. The van der Waals surface area contributed by atoms with Crippen molar-refractivity contribution in [3.05, 3.63) is 177 Å². The Hall–Kier alpha value is -5.84. The molecule has 0 radical (unpaired) electrons. The zero-order valence-electron chi connectivity index (χ0n) is 29.2. The average molecular weight is 798 g/mol. The van der Waals surface area contributed by atoms with Crippen molar-refractivity contribution in [1.29, 1.82) is 0 Å². The Morgan fingerprint density at radius 3 is 2.00 bits per heavy atom. The third-order valence-corrected chi connectivity index (χ3v) is 11.0. The molecule has 11 heteroatoms. The predicted octanol–water partition coefficient (Wildman–Crippen LogP) is 10.2. The Morgan fingerprint density at radius 2 is 1.41 bits per heavy atom. The fraction of sp³-hybridized carbons (Fsp3) is 0.140. The van der Waals surface area contributed by atoms with Gasteiger partial charge >= 0.3 is 5.97 Å². The summed E-state index contributed by atoms with van der Waals surface area (Å²) >= 11 is 10.4. The van der Waals surface area contributed by atoms with Crippen LogP contribution >= 0.6 is 27.5 Å². The number of fused-ring (bicyclic) bond motifs is 1. The number of benzene rings is 4. The molecular formula is C43H34BrClN6O3. The van der Waals surface area contributed by atoms with E-state index in [0.717, 1.165) is 67.4 Å². The molecule has 0 saturated carbocycles. The van der Waals surface area contributed by atoms with Gasteiger partial charge in [0.05, 0.1) is 19.1 Å². The van der Waals surface area contributed by atoms with Crippen molar-refractivity contribution >= 4 is 33.5 Å². The highest BCUT2D eigenvalue weighted by Crippen LogP contribution is 2.49. The van der Waals surface area contributed by atoms with Crippen LogP contribution in [-0.2, 0) is 18.5 Å². The van der Waals surface area contributed by atoms with Crippen LogP contribution in [0.5, 0.6) is 0 Å². The molecule has 0 unspecified atom stereocenters. The van der Waals surface area contributed by atoms with Crippen molar-refractivity contribution in [2.75, 3.05) is 0 Å². The molecule has 9 nitrogen and oxygen atoms in total. The standard InChI is InChI=1S/C43H34BrClN6O3/c1-2-3-23-36-46-40(45)39(42(52)53)50(36)26-34-31-24-25-54-27-35(31)38(44)37(34)32-21-13-14-22-33(32)41-47-49-51(48-41)43(28-15-7-4-8-16-28,29-17-9-5-10-18-29)30-19-11-6-12-20-30/h4-22,24-25,27H,2-3,23,26H2,1H3,(H,52,53). The number of rotatable bonds is 12. The lowest BCUT2D eigenvalue weighted by atomic mass is 9.77. The van der Waals surface area contributed by atoms with Gasteiger partial charge < -0.3 is 14.1 Å². The number of carboxylic acids is 1. The molecule has 2 aromatic heterocycles. The van der Waals surface area contributed by atoms with E-state index in [1.54, 1.807) is 21.9 Å². The highest BCUT2D eigenvalue weighted by molar-refractivity contribution is 9.10. The average Bonchev–Trinajstić information content (AvgIpc) is 3.90. The first-order chi connectivity index (χ1) is 26.4. The van der Waals surface area contributed by atoms with E-state index in [4.69, 9.17) is 31.4 Å². The Kier molecular flexibility index (Phi) is 9.70. The van der Waals surface area contributed by atoms with Crippen molar-refractivity contribution in [2.24, 2.45) is 0 Å². The van der Waals surface area contributed by atoms with Gasteiger partial charge in [0.1, 0.15) is 5.82 Å². The number of aryl methyl sites for hydroxylation is 1. The molecule has 2 aliphatic rings. The number of hydrogen-bond donors (Lipinski definition) is 1. The fourth-order valence-corrected chi connectivity index (χ4v) is 8.46. The zero-order chi connectivity index (χ0) is 37.2. The lowest BCUT2D eigenvalue weighted by molar-refractivity contribution is 0.0685. The first-order valence-corrected chi connectivity index (χ1v) is 18.8. The van der Waals surface area contributed by atoms with Gasteiger partial charge in [-0.3, -0.25) is 0 Å². The maximum atomic E-state index is 12.6. The molecule has 0 saturated heterocycles. The fourth-order valence-electron chi connectivity index (χ4n) is 7.42. The molecule has 1 aliphatic carbocycles. The topological polar surface area (TPSA) is 112 Å². The summed E-state index contributed by atoms with van der Waals surface area (Å²) < 4.78 is 8.16. The summed E-state index contributed by atoms with van der Waals surface area (Å²) in [4.78, 5) is 18.8. The lowest BCUT2D eigenvalue weighted by Gasteiger charge is -2.34. The summed E-state index contributed by atoms with van der Waals surface area (Å²) in [5.41, 5.74) is 6.96. The number of carboxylic acid groups (broad SMARTS) is 1. The molecule has 54 heavy (non-hydrogen) atoms. The zero-order valence-corrected chi connectivity index (χ0v) is 31.6. The van der Waals surface area contributed by atoms with Crippen LogP contribution in [0.2, 0.25) is 5.15 Å². The minimum atomic E-state index is -1.14. The highest BCUT2D eigenvalue weighted by atomic mass is 79.9. The molecule has 0 spiro atoms. The molecule has 3 heterocycles. The third-order valence-electron chi connectivity index (χ3n) is 9.87. The Balaban J connectivity index is 1.34. The summed E-state index contributed by atoms with van der Waals surface area (Å²) in [7, 11) is 0. The highest BCUT2D eigenvalue weighted by Gasteiger charge is 2.41. The SMILES string of the molecule is CCCCc1nc(Cl)c(C(=O)O)n1Cc1c2ccocc-2c(Br)c1-c1ccccc1-c1nnn(C(c2ccccc2)(c2ccccc2)c2ccccc2)n1. The molecule has 1 N–H and O–H groups in total. The van der Waals surface area contributed by atoms with E-state index in [0.29, 0.717) is 18.1 Å². The van der Waals surface area contributed by atoms with Gasteiger partial charge in [-0.25, -0.2) is 9.78 Å². The summed E-state index contributed by atoms with van der Waals surface area (Å²) in [5, 5.41) is 25.0. The van der Waals surface area contributed by atoms with Gasteiger partial charge in [0.15, 0.2) is 16.4 Å². The molecule has 6 aromatic rings. The number of nitrogens with zero attached hydrogens (tertiary/aromatic N) is 6. The molecule has 0 amide bonds. The largest absolute Gasteiger partial charge is 0.476 e. The van der Waals surface area contributed by atoms with Crippen molar-refractivity contribution in [1.82, 2.24) is 29.8 Å². The van der Waals surface area contributed by atoms with E-state index in [1.807, 2.05) is 84.9 Å². The van der Waals surface area contributed by atoms with Gasteiger partial charge in [-0.15, -0.1) is 15.0 Å². The molecule has 268 valence electrons. The van der Waals surface area contributed by atoms with Crippen LogP contribution in [0.1, 0.15) is 58.3 Å². The summed E-state index contributed by atoms with van der Waals surface area (Å²) in [6, 6.07) is 40.4.